The van der Waals surface area contributed by atoms with Crippen molar-refractivity contribution in [2.24, 2.45) is 0 Å². The lowest BCUT2D eigenvalue weighted by Crippen LogP contribution is -1.90. The summed E-state index contributed by atoms with van der Waals surface area (Å²) in [6, 6.07) is 37.7. The van der Waals surface area contributed by atoms with Crippen LogP contribution in [0.4, 0.5) is 0 Å². The summed E-state index contributed by atoms with van der Waals surface area (Å²) in [5.41, 5.74) is 2.55. The van der Waals surface area contributed by atoms with E-state index in [1.807, 2.05) is 23.6 Å². The number of rotatable bonds is 1. The molecule has 168 valence electrons. The third-order valence-corrected chi connectivity index (χ3v) is 9.38. The Bertz CT molecular complexity index is 2380. The van der Waals surface area contributed by atoms with Crippen LogP contribution in [-0.4, -0.2) is 4.98 Å². The minimum Gasteiger partial charge on any atom is -0.256 e. The molecule has 1 aliphatic carbocycles. The fraction of sp³-hybridized carbons (Fsp3) is 0. The molecule has 0 aliphatic heterocycles. The van der Waals surface area contributed by atoms with Gasteiger partial charge in [-0.2, -0.15) is 0 Å². The fourth-order valence-corrected chi connectivity index (χ4v) is 7.78. The maximum absolute atomic E-state index is 4.83. The molecule has 0 spiro atoms. The SMILES string of the molecule is c1ccc2/c(c1)=c1/cc(-c3cccc4c3sc3ccccc34)cc/c1=c1\scc\c1=c1/nccc/c1=2. The molecule has 3 heteroatoms. The Hall–Kier alpha value is -4.05. The zero-order valence-corrected chi connectivity index (χ0v) is 20.9. The van der Waals surface area contributed by atoms with E-state index >= 15 is 0 Å². The van der Waals surface area contributed by atoms with E-state index in [2.05, 4.69) is 102 Å². The average Bonchev–Trinajstić information content (AvgIpc) is 3.57. The van der Waals surface area contributed by atoms with Gasteiger partial charge in [0.05, 0.1) is 5.35 Å². The van der Waals surface area contributed by atoms with Gasteiger partial charge in [-0.25, -0.2) is 0 Å². The van der Waals surface area contributed by atoms with Crippen LogP contribution in [0.2, 0.25) is 0 Å². The first kappa shape index (κ1) is 20.2. The first-order valence-electron chi connectivity index (χ1n) is 12.0. The number of nitrogens with zero attached hydrogens (tertiary/aromatic N) is 1. The summed E-state index contributed by atoms with van der Waals surface area (Å²) in [6.07, 6.45) is 1.90. The predicted molar refractivity (Wildman–Crippen MR) is 150 cm³/mol. The van der Waals surface area contributed by atoms with Gasteiger partial charge < -0.3 is 0 Å². The minimum absolute atomic E-state index is 1.06. The largest absolute Gasteiger partial charge is 0.256 e. The zero-order chi connectivity index (χ0) is 23.6. The number of benzene rings is 4. The smallest absolute Gasteiger partial charge is 0.0795 e. The van der Waals surface area contributed by atoms with Gasteiger partial charge in [-0.1, -0.05) is 78.9 Å². The quantitative estimate of drug-likeness (QED) is 0.223. The van der Waals surface area contributed by atoms with E-state index in [-0.39, 0.29) is 0 Å². The number of fused-ring (bicyclic) bond motifs is 7. The van der Waals surface area contributed by atoms with Crippen molar-refractivity contribution < 1.29 is 0 Å². The fourth-order valence-electron chi connectivity index (χ4n) is 5.60. The number of thiophene rings is 2. The Morgan fingerprint density at radius 1 is 0.556 bits per heavy atom. The third-order valence-electron chi connectivity index (χ3n) is 7.21. The molecule has 0 atom stereocenters. The highest BCUT2D eigenvalue weighted by atomic mass is 32.1. The Morgan fingerprint density at radius 2 is 1.36 bits per heavy atom. The minimum atomic E-state index is 1.06. The Morgan fingerprint density at radius 3 is 2.31 bits per heavy atom. The topological polar surface area (TPSA) is 12.9 Å². The van der Waals surface area contributed by atoms with E-state index in [0.29, 0.717) is 0 Å². The lowest BCUT2D eigenvalue weighted by atomic mass is 9.99. The molecule has 36 heavy (non-hydrogen) atoms. The maximum atomic E-state index is 4.83. The highest BCUT2D eigenvalue weighted by Gasteiger charge is 2.11. The number of pyridine rings is 1. The molecule has 3 aromatic heterocycles. The Labute approximate surface area is 214 Å². The summed E-state index contributed by atoms with van der Waals surface area (Å²) in [7, 11) is 0. The van der Waals surface area contributed by atoms with Crippen LogP contribution >= 0.6 is 22.7 Å². The number of hydrogen-bond donors (Lipinski definition) is 0. The molecule has 0 unspecified atom stereocenters. The summed E-state index contributed by atoms with van der Waals surface area (Å²) in [6.45, 7) is 0. The van der Waals surface area contributed by atoms with Crippen molar-refractivity contribution >= 4 is 42.8 Å². The van der Waals surface area contributed by atoms with Gasteiger partial charge in [0.2, 0.25) is 0 Å². The van der Waals surface area contributed by atoms with E-state index in [4.69, 9.17) is 4.98 Å². The maximum Gasteiger partial charge on any atom is 0.0795 e. The number of hydrogen-bond acceptors (Lipinski definition) is 3. The molecule has 8 rings (SSSR count). The first-order chi connectivity index (χ1) is 17.9. The normalized spacial score (nSPS) is 15.9. The molecule has 1 aliphatic rings. The van der Waals surface area contributed by atoms with Crippen LogP contribution < -0.4 is 0 Å². The molecule has 0 saturated carbocycles. The predicted octanol–water partition coefficient (Wildman–Crippen LogP) is 8.64. The van der Waals surface area contributed by atoms with Crippen molar-refractivity contribution in [2.75, 3.05) is 0 Å². The van der Waals surface area contributed by atoms with Crippen molar-refractivity contribution in [1.29, 1.82) is 0 Å². The van der Waals surface area contributed by atoms with Crippen LogP contribution in [0.25, 0.3) is 31.3 Å². The van der Waals surface area contributed by atoms with E-state index in [1.165, 1.54) is 67.1 Å². The van der Waals surface area contributed by atoms with Crippen molar-refractivity contribution in [3.8, 4) is 11.1 Å². The van der Waals surface area contributed by atoms with Crippen LogP contribution in [0.1, 0.15) is 0 Å². The molecule has 0 saturated heterocycles. The summed E-state index contributed by atoms with van der Waals surface area (Å²) in [5.74, 6) is 0. The van der Waals surface area contributed by atoms with E-state index < -0.39 is 0 Å². The second-order valence-electron chi connectivity index (χ2n) is 9.15. The average molecular weight is 494 g/mol. The molecule has 1 nitrogen and oxygen atoms in total. The summed E-state index contributed by atoms with van der Waals surface area (Å²) < 4.78 is 3.97. The molecule has 7 aromatic rings. The van der Waals surface area contributed by atoms with Gasteiger partial charge >= 0.3 is 0 Å². The Kier molecular flexibility index (Phi) is 4.33. The molecule has 0 bridgehead atoms. The van der Waals surface area contributed by atoms with Gasteiger partial charge in [0.1, 0.15) is 0 Å². The molecule has 4 aromatic carbocycles. The second-order valence-corrected chi connectivity index (χ2v) is 11.1. The molecular formula is C33H19NS2. The van der Waals surface area contributed by atoms with Crippen molar-refractivity contribution in [3.05, 3.63) is 156 Å². The van der Waals surface area contributed by atoms with E-state index in [0.717, 1.165) is 5.35 Å². The van der Waals surface area contributed by atoms with Crippen LogP contribution in [0.15, 0.2) is 115 Å². The van der Waals surface area contributed by atoms with Crippen LogP contribution in [-0.2, 0) is 0 Å². The third kappa shape index (κ3) is 2.84. The lowest BCUT2D eigenvalue weighted by molar-refractivity contribution is 1.18. The highest BCUT2D eigenvalue weighted by molar-refractivity contribution is 7.26. The number of aromatic nitrogens is 1. The van der Waals surface area contributed by atoms with Gasteiger partial charge in [0.15, 0.2) is 0 Å². The molecule has 0 amide bonds. The monoisotopic (exact) mass is 493 g/mol. The van der Waals surface area contributed by atoms with Gasteiger partial charge in [-0.15, -0.1) is 22.7 Å². The van der Waals surface area contributed by atoms with Gasteiger partial charge in [-0.3, -0.25) is 4.98 Å². The molecule has 0 radical (unpaired) electrons. The molecule has 3 heterocycles. The van der Waals surface area contributed by atoms with Crippen molar-refractivity contribution in [2.45, 2.75) is 0 Å². The summed E-state index contributed by atoms with van der Waals surface area (Å²) in [5, 5.41) is 13.4. The molecule has 0 N–H and O–H groups in total. The molecular weight excluding hydrogens is 475 g/mol. The standard InChI is InChI=1S/C33H19NS2/c1-2-8-23-22(7-1)25-12-6-17-34-31(25)28-16-18-35-32(28)27-15-14-20(19-29(23)27)21-10-5-11-26-24-9-3-4-13-30(24)36-33(21)26/h1-19H/b25-22-,29-23-,31-28+,32-27+. The van der Waals surface area contributed by atoms with E-state index in [1.54, 1.807) is 11.3 Å². The summed E-state index contributed by atoms with van der Waals surface area (Å²) in [4.78, 5) is 4.83. The van der Waals surface area contributed by atoms with Crippen LogP contribution in [0, 0.1) is 41.2 Å². The lowest BCUT2D eigenvalue weighted by Gasteiger charge is -2.06. The zero-order valence-electron chi connectivity index (χ0n) is 19.2. The second kappa shape index (κ2) is 7.72. The summed E-state index contributed by atoms with van der Waals surface area (Å²) >= 11 is 3.69. The van der Waals surface area contributed by atoms with Crippen molar-refractivity contribution in [3.63, 3.8) is 0 Å². The van der Waals surface area contributed by atoms with Crippen LogP contribution in [0.3, 0.4) is 0 Å². The Balaban J connectivity index is 1.62. The first-order valence-corrected chi connectivity index (χ1v) is 13.7. The van der Waals surface area contributed by atoms with Gasteiger partial charge in [0, 0.05) is 46.6 Å². The van der Waals surface area contributed by atoms with Gasteiger partial charge in [0.25, 0.3) is 0 Å². The van der Waals surface area contributed by atoms with Crippen molar-refractivity contribution in [1.82, 2.24) is 4.98 Å². The molecule has 0 fully saturated rings. The van der Waals surface area contributed by atoms with Gasteiger partial charge in [-0.05, 0) is 56.4 Å². The van der Waals surface area contributed by atoms with E-state index in [9.17, 15) is 0 Å². The van der Waals surface area contributed by atoms with Crippen LogP contribution in [0.5, 0.6) is 0 Å². The highest BCUT2D eigenvalue weighted by Crippen LogP contribution is 2.39.